The molecule has 2 amide bonds. The van der Waals surface area contributed by atoms with Crippen LogP contribution in [0.1, 0.15) is 5.69 Å². The number of aromatic nitrogens is 1. The van der Waals surface area contributed by atoms with Crippen LogP contribution in [0.3, 0.4) is 0 Å². The van der Waals surface area contributed by atoms with Crippen LogP contribution in [0.5, 0.6) is 0 Å². The van der Waals surface area contributed by atoms with Crippen LogP contribution in [-0.2, 0) is 4.74 Å². The summed E-state index contributed by atoms with van der Waals surface area (Å²) in [7, 11) is 1.51. The molecule has 0 aliphatic carbocycles. The number of urea groups is 1. The second kappa shape index (κ2) is 5.18. The molecule has 0 aromatic carbocycles. The molecule has 0 unspecified atom stereocenters. The van der Waals surface area contributed by atoms with Gasteiger partial charge in [0, 0.05) is 24.7 Å². The fourth-order valence-electron chi connectivity index (χ4n) is 0.936. The molecular weight excluding hydrogens is 182 g/mol. The summed E-state index contributed by atoms with van der Waals surface area (Å²) in [6, 6.07) is 3.21. The van der Waals surface area contributed by atoms with Gasteiger partial charge < -0.3 is 15.4 Å². The summed E-state index contributed by atoms with van der Waals surface area (Å²) < 4.78 is 4.69. The zero-order valence-corrected chi connectivity index (χ0v) is 8.20. The Bertz CT molecular complexity index is 315. The molecule has 5 nitrogen and oxygen atoms in total. The van der Waals surface area contributed by atoms with Crippen molar-refractivity contribution in [3.63, 3.8) is 0 Å². The number of ether oxygens (including phenoxy) is 1. The van der Waals surface area contributed by atoms with E-state index in [0.717, 1.165) is 5.69 Å². The third kappa shape index (κ3) is 3.40. The smallest absolute Gasteiger partial charge is 0.321 e. The average Bonchev–Trinajstić information content (AvgIpc) is 2.15. The van der Waals surface area contributed by atoms with E-state index in [9.17, 15) is 4.79 Å². The Morgan fingerprint density at radius 3 is 3.07 bits per heavy atom. The van der Waals surface area contributed by atoms with Crippen LogP contribution in [-0.4, -0.2) is 24.9 Å². The molecule has 0 bridgehead atoms. The highest BCUT2D eigenvalue weighted by Gasteiger charge is 1.99. The highest BCUT2D eigenvalue weighted by atomic mass is 16.5. The molecule has 0 aliphatic rings. The minimum absolute atomic E-state index is 0.190. The summed E-state index contributed by atoms with van der Waals surface area (Å²) in [6.07, 6.45) is 1.64. The summed E-state index contributed by atoms with van der Waals surface area (Å²) in [4.78, 5) is 15.2. The Kier molecular flexibility index (Phi) is 3.87. The van der Waals surface area contributed by atoms with E-state index >= 15 is 0 Å². The van der Waals surface area contributed by atoms with Crippen molar-refractivity contribution in [2.75, 3.05) is 19.2 Å². The van der Waals surface area contributed by atoms with E-state index < -0.39 is 0 Å². The van der Waals surface area contributed by atoms with Crippen molar-refractivity contribution in [1.29, 1.82) is 0 Å². The summed E-state index contributed by atoms with van der Waals surface area (Å²) >= 11 is 0. The van der Waals surface area contributed by atoms with Crippen molar-refractivity contribution < 1.29 is 9.53 Å². The number of carbonyl (C=O) groups is 1. The first-order valence-electron chi connectivity index (χ1n) is 4.19. The number of hydrogen-bond donors (Lipinski definition) is 2. The van der Waals surface area contributed by atoms with E-state index in [1.807, 2.05) is 6.92 Å². The number of nitrogens with zero attached hydrogens (tertiary/aromatic N) is 1. The number of amides is 2. The van der Waals surface area contributed by atoms with Gasteiger partial charge in [-0.05, 0) is 19.1 Å². The second-order valence-corrected chi connectivity index (χ2v) is 2.75. The number of nitrogens with one attached hydrogen (secondary N) is 2. The van der Waals surface area contributed by atoms with E-state index in [1.165, 1.54) is 7.11 Å². The number of rotatable bonds is 3. The highest BCUT2D eigenvalue weighted by molar-refractivity contribution is 5.89. The number of anilines is 1. The second-order valence-electron chi connectivity index (χ2n) is 2.75. The molecular formula is C9H13N3O2. The summed E-state index contributed by atoms with van der Waals surface area (Å²) in [6.45, 7) is 2.05. The van der Waals surface area contributed by atoms with Gasteiger partial charge in [-0.15, -0.1) is 0 Å². The lowest BCUT2D eigenvalue weighted by Gasteiger charge is -2.06. The van der Waals surface area contributed by atoms with Gasteiger partial charge in [0.05, 0.1) is 0 Å². The lowest BCUT2D eigenvalue weighted by Crippen LogP contribution is -2.30. The van der Waals surface area contributed by atoms with Crippen molar-refractivity contribution in [1.82, 2.24) is 10.3 Å². The Labute approximate surface area is 82.5 Å². The number of methoxy groups -OCH3 is 1. The van der Waals surface area contributed by atoms with Crippen LogP contribution in [0.15, 0.2) is 18.3 Å². The molecule has 0 saturated carbocycles. The number of pyridine rings is 1. The maximum absolute atomic E-state index is 11.2. The zero-order valence-electron chi connectivity index (χ0n) is 8.20. The van der Waals surface area contributed by atoms with Gasteiger partial charge >= 0.3 is 6.03 Å². The van der Waals surface area contributed by atoms with Gasteiger partial charge in [0.1, 0.15) is 6.73 Å². The van der Waals surface area contributed by atoms with Crippen molar-refractivity contribution >= 4 is 11.7 Å². The van der Waals surface area contributed by atoms with Crippen LogP contribution in [0.25, 0.3) is 0 Å². The standard InChI is InChI=1S/C9H13N3O2/c1-7-5-8(3-4-10-7)12-9(13)11-6-14-2/h3-5H,6H2,1-2H3,(H2,10,11,12,13). The molecule has 0 saturated heterocycles. The van der Waals surface area contributed by atoms with Gasteiger partial charge in [-0.25, -0.2) is 4.79 Å². The molecule has 0 spiro atoms. The van der Waals surface area contributed by atoms with Gasteiger partial charge in [-0.2, -0.15) is 0 Å². The fraction of sp³-hybridized carbons (Fsp3) is 0.333. The van der Waals surface area contributed by atoms with E-state index in [0.29, 0.717) is 5.69 Å². The molecule has 1 heterocycles. The minimum atomic E-state index is -0.294. The largest absolute Gasteiger partial charge is 0.364 e. The SMILES string of the molecule is COCNC(=O)Nc1ccnc(C)c1. The minimum Gasteiger partial charge on any atom is -0.364 e. The lowest BCUT2D eigenvalue weighted by atomic mass is 10.3. The maximum Gasteiger partial charge on any atom is 0.321 e. The topological polar surface area (TPSA) is 63.2 Å². The monoisotopic (exact) mass is 195 g/mol. The predicted molar refractivity (Wildman–Crippen MR) is 53.0 cm³/mol. The molecule has 14 heavy (non-hydrogen) atoms. The van der Waals surface area contributed by atoms with E-state index in [-0.39, 0.29) is 12.8 Å². The molecule has 0 aliphatic heterocycles. The molecule has 1 rings (SSSR count). The first kappa shape index (κ1) is 10.5. The van der Waals surface area contributed by atoms with Crippen LogP contribution in [0, 0.1) is 6.92 Å². The first-order valence-corrected chi connectivity index (χ1v) is 4.19. The molecule has 0 atom stereocenters. The molecule has 2 N–H and O–H groups in total. The fourth-order valence-corrected chi connectivity index (χ4v) is 0.936. The highest BCUT2D eigenvalue weighted by Crippen LogP contribution is 2.06. The molecule has 0 radical (unpaired) electrons. The zero-order chi connectivity index (χ0) is 10.4. The predicted octanol–water partition coefficient (Wildman–Crippen LogP) is 1.12. The van der Waals surface area contributed by atoms with Crippen molar-refractivity contribution in [3.8, 4) is 0 Å². The molecule has 1 aromatic rings. The number of carbonyl (C=O) groups excluding carboxylic acids is 1. The van der Waals surface area contributed by atoms with E-state index in [2.05, 4.69) is 20.4 Å². The average molecular weight is 195 g/mol. The van der Waals surface area contributed by atoms with E-state index in [1.54, 1.807) is 18.3 Å². The van der Waals surface area contributed by atoms with Crippen molar-refractivity contribution in [2.24, 2.45) is 0 Å². The quantitative estimate of drug-likeness (QED) is 0.710. The molecule has 0 fully saturated rings. The number of aryl methyl sites for hydroxylation is 1. The lowest BCUT2D eigenvalue weighted by molar-refractivity contribution is 0.177. The normalized spacial score (nSPS) is 9.57. The number of hydrogen-bond acceptors (Lipinski definition) is 3. The van der Waals surface area contributed by atoms with Crippen molar-refractivity contribution in [2.45, 2.75) is 6.92 Å². The molecule has 5 heteroatoms. The Hall–Kier alpha value is -1.62. The summed E-state index contributed by atoms with van der Waals surface area (Å²) in [5.41, 5.74) is 1.57. The first-order chi connectivity index (χ1) is 6.72. The third-order valence-corrected chi connectivity index (χ3v) is 1.53. The van der Waals surface area contributed by atoms with Crippen molar-refractivity contribution in [3.05, 3.63) is 24.0 Å². The molecule has 1 aromatic heterocycles. The maximum atomic E-state index is 11.2. The van der Waals surface area contributed by atoms with E-state index in [4.69, 9.17) is 0 Å². The third-order valence-electron chi connectivity index (χ3n) is 1.53. The summed E-state index contributed by atoms with van der Waals surface area (Å²) in [5, 5.41) is 5.16. The molecule has 76 valence electrons. The van der Waals surface area contributed by atoms with Crippen LogP contribution < -0.4 is 10.6 Å². The van der Waals surface area contributed by atoms with Crippen LogP contribution >= 0.6 is 0 Å². The van der Waals surface area contributed by atoms with Gasteiger partial charge in [0.2, 0.25) is 0 Å². The Morgan fingerprint density at radius 2 is 2.43 bits per heavy atom. The Morgan fingerprint density at radius 1 is 1.64 bits per heavy atom. The van der Waals surface area contributed by atoms with Crippen LogP contribution in [0.4, 0.5) is 10.5 Å². The van der Waals surface area contributed by atoms with Gasteiger partial charge in [0.25, 0.3) is 0 Å². The van der Waals surface area contributed by atoms with Crippen LogP contribution in [0.2, 0.25) is 0 Å². The summed E-state index contributed by atoms with van der Waals surface area (Å²) in [5.74, 6) is 0. The Balaban J connectivity index is 2.47. The van der Waals surface area contributed by atoms with Gasteiger partial charge in [0.15, 0.2) is 0 Å². The van der Waals surface area contributed by atoms with Gasteiger partial charge in [-0.3, -0.25) is 4.98 Å². The van der Waals surface area contributed by atoms with Gasteiger partial charge in [-0.1, -0.05) is 0 Å².